The molecule has 1 heterocycles. The van der Waals surface area contributed by atoms with Crippen molar-refractivity contribution in [1.29, 1.82) is 0 Å². The summed E-state index contributed by atoms with van der Waals surface area (Å²) >= 11 is 3.01. The van der Waals surface area contributed by atoms with E-state index in [1.165, 1.54) is 13.2 Å². The van der Waals surface area contributed by atoms with Crippen LogP contribution in [0.5, 0.6) is 5.88 Å². The van der Waals surface area contributed by atoms with Gasteiger partial charge in [0.15, 0.2) is 0 Å². The summed E-state index contributed by atoms with van der Waals surface area (Å²) in [5.74, 6) is -1.12. The minimum atomic E-state index is -2.87. The van der Waals surface area contributed by atoms with E-state index in [2.05, 4.69) is 20.9 Å². The highest BCUT2D eigenvalue weighted by Gasteiger charge is 2.26. The summed E-state index contributed by atoms with van der Waals surface area (Å²) in [6.45, 7) is 1.69. The number of alkyl halides is 2. The third-order valence-corrected chi connectivity index (χ3v) is 2.31. The maximum Gasteiger partial charge on any atom is 0.338 e. The molecule has 0 saturated carbocycles. The number of halogens is 3. The summed E-state index contributed by atoms with van der Waals surface area (Å²) in [6.07, 6.45) is -2.87. The van der Waals surface area contributed by atoms with Crippen LogP contribution in [0, 0.1) is 0 Å². The van der Waals surface area contributed by atoms with Gasteiger partial charge in [0, 0.05) is 0 Å². The third kappa shape index (κ3) is 3.12. The molecule has 0 atom stereocenters. The molecule has 0 aliphatic heterocycles. The van der Waals surface area contributed by atoms with Crippen LogP contribution in [0.2, 0.25) is 0 Å². The number of aromatic nitrogens is 1. The summed E-state index contributed by atoms with van der Waals surface area (Å²) in [6, 6.07) is 1.18. The molecule has 0 aliphatic rings. The summed E-state index contributed by atoms with van der Waals surface area (Å²) < 4.78 is 35.4. The number of carbonyl (C=O) groups excluding carboxylic acids is 1. The monoisotopic (exact) mass is 309 g/mol. The highest BCUT2D eigenvalue weighted by Crippen LogP contribution is 2.33. The number of rotatable bonds is 4. The molecule has 0 N–H and O–H groups in total. The molecule has 7 heteroatoms. The smallest absolute Gasteiger partial charge is 0.338 e. The van der Waals surface area contributed by atoms with Gasteiger partial charge in [0.1, 0.15) is 4.60 Å². The van der Waals surface area contributed by atoms with Crippen LogP contribution in [0.4, 0.5) is 8.78 Å². The number of methoxy groups -OCH3 is 1. The lowest BCUT2D eigenvalue weighted by Crippen LogP contribution is -2.11. The first kappa shape index (κ1) is 13.8. The standard InChI is InChI=1S/C10H10BrF2NO3/c1-3-17-10(15)5-4-6(11)14-9(16-2)7(5)8(12)13/h4,8H,3H2,1-2H3. The molecule has 17 heavy (non-hydrogen) atoms. The molecular formula is C10H10BrF2NO3. The fourth-order valence-electron chi connectivity index (χ4n) is 1.25. The second kappa shape index (κ2) is 5.90. The fraction of sp³-hybridized carbons (Fsp3) is 0.400. The fourth-order valence-corrected chi connectivity index (χ4v) is 1.64. The molecular weight excluding hydrogens is 300 g/mol. The molecule has 0 aliphatic carbocycles. The van der Waals surface area contributed by atoms with Crippen molar-refractivity contribution in [2.45, 2.75) is 13.3 Å². The number of esters is 1. The predicted octanol–water partition coefficient (Wildman–Crippen LogP) is 2.97. The maximum absolute atomic E-state index is 12.9. The molecule has 1 aromatic heterocycles. The zero-order chi connectivity index (χ0) is 13.0. The van der Waals surface area contributed by atoms with Gasteiger partial charge in [-0.15, -0.1) is 0 Å². The van der Waals surface area contributed by atoms with Gasteiger partial charge in [-0.3, -0.25) is 0 Å². The first-order valence-corrected chi connectivity index (χ1v) is 5.50. The summed E-state index contributed by atoms with van der Waals surface area (Å²) in [5.41, 5.74) is -0.810. The van der Waals surface area contributed by atoms with E-state index >= 15 is 0 Å². The van der Waals surface area contributed by atoms with E-state index in [1.54, 1.807) is 6.92 Å². The Hall–Kier alpha value is -1.24. The number of pyridine rings is 1. The molecule has 0 spiro atoms. The Labute approximate surface area is 105 Å². The lowest BCUT2D eigenvalue weighted by atomic mass is 10.1. The molecule has 94 valence electrons. The van der Waals surface area contributed by atoms with Crippen LogP contribution >= 0.6 is 15.9 Å². The van der Waals surface area contributed by atoms with Crippen LogP contribution in [0.3, 0.4) is 0 Å². The average molecular weight is 310 g/mol. The molecule has 4 nitrogen and oxygen atoms in total. The van der Waals surface area contributed by atoms with Crippen molar-refractivity contribution in [3.8, 4) is 5.88 Å². The van der Waals surface area contributed by atoms with Crippen molar-refractivity contribution in [2.75, 3.05) is 13.7 Å². The zero-order valence-corrected chi connectivity index (χ0v) is 10.8. The van der Waals surface area contributed by atoms with Crippen LogP contribution in [0.1, 0.15) is 29.3 Å². The summed E-state index contributed by atoms with van der Waals surface area (Å²) in [5, 5.41) is 0. The minimum Gasteiger partial charge on any atom is -0.481 e. The number of nitrogens with zero attached hydrogens (tertiary/aromatic N) is 1. The Morgan fingerprint density at radius 1 is 1.59 bits per heavy atom. The Morgan fingerprint density at radius 3 is 2.71 bits per heavy atom. The van der Waals surface area contributed by atoms with E-state index in [0.29, 0.717) is 0 Å². The van der Waals surface area contributed by atoms with Gasteiger partial charge < -0.3 is 9.47 Å². The zero-order valence-electron chi connectivity index (χ0n) is 9.17. The highest BCUT2D eigenvalue weighted by atomic mass is 79.9. The molecule has 0 radical (unpaired) electrons. The van der Waals surface area contributed by atoms with Gasteiger partial charge in [0.05, 0.1) is 24.8 Å². The van der Waals surface area contributed by atoms with Crippen molar-refractivity contribution < 1.29 is 23.0 Å². The highest BCUT2D eigenvalue weighted by molar-refractivity contribution is 9.10. The first-order chi connectivity index (χ1) is 8.01. The molecule has 1 aromatic rings. The average Bonchev–Trinajstić information content (AvgIpc) is 2.27. The number of carbonyl (C=O) groups is 1. The molecule has 0 unspecified atom stereocenters. The first-order valence-electron chi connectivity index (χ1n) is 4.71. The van der Waals surface area contributed by atoms with Gasteiger partial charge in [0.25, 0.3) is 6.43 Å². The Morgan fingerprint density at radius 2 is 2.24 bits per heavy atom. The summed E-state index contributed by atoms with van der Waals surface area (Å²) in [7, 11) is 1.20. The Bertz CT molecular complexity index is 426. The SMILES string of the molecule is CCOC(=O)c1cc(Br)nc(OC)c1C(F)F. The van der Waals surface area contributed by atoms with Crippen molar-refractivity contribution in [1.82, 2.24) is 4.98 Å². The van der Waals surface area contributed by atoms with Gasteiger partial charge in [-0.05, 0) is 28.9 Å². The van der Waals surface area contributed by atoms with E-state index in [1.807, 2.05) is 0 Å². The lowest BCUT2D eigenvalue weighted by Gasteiger charge is -2.12. The van der Waals surface area contributed by atoms with Crippen molar-refractivity contribution in [2.24, 2.45) is 0 Å². The van der Waals surface area contributed by atoms with E-state index < -0.39 is 18.0 Å². The van der Waals surface area contributed by atoms with Crippen LogP contribution in [-0.4, -0.2) is 24.7 Å². The van der Waals surface area contributed by atoms with Crippen molar-refractivity contribution in [3.05, 3.63) is 21.8 Å². The molecule has 0 saturated heterocycles. The van der Waals surface area contributed by atoms with Gasteiger partial charge in [0.2, 0.25) is 5.88 Å². The van der Waals surface area contributed by atoms with Gasteiger partial charge in [-0.2, -0.15) is 0 Å². The number of hydrogen-bond acceptors (Lipinski definition) is 4. The second-order valence-corrected chi connectivity index (χ2v) is 3.75. The Balaban J connectivity index is 3.35. The van der Waals surface area contributed by atoms with Gasteiger partial charge in [-0.25, -0.2) is 18.6 Å². The van der Waals surface area contributed by atoms with Crippen LogP contribution in [0.15, 0.2) is 10.7 Å². The Kier molecular flexibility index (Phi) is 4.80. The van der Waals surface area contributed by atoms with Gasteiger partial charge >= 0.3 is 5.97 Å². The van der Waals surface area contributed by atoms with Crippen LogP contribution in [0.25, 0.3) is 0 Å². The van der Waals surface area contributed by atoms with E-state index in [9.17, 15) is 13.6 Å². The molecule has 0 aromatic carbocycles. The summed E-state index contributed by atoms with van der Waals surface area (Å²) in [4.78, 5) is 15.3. The normalized spacial score (nSPS) is 10.5. The largest absolute Gasteiger partial charge is 0.481 e. The van der Waals surface area contributed by atoms with E-state index in [0.717, 1.165) is 0 Å². The van der Waals surface area contributed by atoms with Crippen LogP contribution < -0.4 is 4.74 Å². The van der Waals surface area contributed by atoms with E-state index in [-0.39, 0.29) is 22.7 Å². The minimum absolute atomic E-state index is 0.101. The molecule has 0 amide bonds. The number of hydrogen-bond donors (Lipinski definition) is 0. The van der Waals surface area contributed by atoms with E-state index in [4.69, 9.17) is 9.47 Å². The quantitative estimate of drug-likeness (QED) is 0.634. The third-order valence-electron chi connectivity index (χ3n) is 1.90. The number of ether oxygens (including phenoxy) is 2. The van der Waals surface area contributed by atoms with Crippen molar-refractivity contribution >= 4 is 21.9 Å². The van der Waals surface area contributed by atoms with Gasteiger partial charge in [-0.1, -0.05) is 0 Å². The molecule has 0 bridgehead atoms. The lowest BCUT2D eigenvalue weighted by molar-refractivity contribution is 0.0513. The maximum atomic E-state index is 12.9. The van der Waals surface area contributed by atoms with Crippen molar-refractivity contribution in [3.63, 3.8) is 0 Å². The van der Waals surface area contributed by atoms with Crippen LogP contribution in [-0.2, 0) is 4.74 Å². The topological polar surface area (TPSA) is 48.4 Å². The second-order valence-electron chi connectivity index (χ2n) is 2.94. The predicted molar refractivity (Wildman–Crippen MR) is 59.4 cm³/mol. The molecule has 1 rings (SSSR count). The molecule has 0 fully saturated rings.